The van der Waals surface area contributed by atoms with Gasteiger partial charge in [-0.3, -0.25) is 0 Å². The molecule has 0 fully saturated rings. The molecule has 0 spiro atoms. The Morgan fingerprint density at radius 2 is 1.73 bits per heavy atom. The molecular weight excluding hydrogens is 136 g/mol. The first kappa shape index (κ1) is 10.3. The summed E-state index contributed by atoms with van der Waals surface area (Å²) in [6.07, 6.45) is 4.29. The van der Waals surface area contributed by atoms with Crippen LogP contribution in [-0.2, 0) is 0 Å². The molecule has 0 atom stereocenters. The molecule has 0 rings (SSSR count). The van der Waals surface area contributed by atoms with E-state index in [0.29, 0.717) is 0 Å². The van der Waals surface area contributed by atoms with Gasteiger partial charge in [0.05, 0.1) is 5.82 Å². The van der Waals surface area contributed by atoms with Crippen LogP contribution in [0.4, 0.5) is 0 Å². The lowest BCUT2D eigenvalue weighted by Crippen LogP contribution is -2.29. The highest BCUT2D eigenvalue weighted by Crippen LogP contribution is 1.99. The van der Waals surface area contributed by atoms with Crippen molar-refractivity contribution in [3.05, 3.63) is 11.9 Å². The fourth-order valence-electron chi connectivity index (χ4n) is 1.09. The van der Waals surface area contributed by atoms with E-state index in [9.17, 15) is 0 Å². The minimum Gasteiger partial charge on any atom is -0.386 e. The third kappa shape index (κ3) is 3.91. The third-order valence-electron chi connectivity index (χ3n) is 1.65. The second kappa shape index (κ2) is 6.08. The van der Waals surface area contributed by atoms with Crippen molar-refractivity contribution in [1.29, 1.82) is 0 Å². The van der Waals surface area contributed by atoms with Crippen molar-refractivity contribution < 1.29 is 0 Å². The predicted octanol–water partition coefficient (Wildman–Crippen LogP) is 1.93. The van der Waals surface area contributed by atoms with Gasteiger partial charge < -0.3 is 10.6 Å². The lowest BCUT2D eigenvalue weighted by atomic mass is 10.3. The maximum Gasteiger partial charge on any atom is 0.0942 e. The van der Waals surface area contributed by atoms with Crippen LogP contribution in [0, 0.1) is 0 Å². The van der Waals surface area contributed by atoms with E-state index >= 15 is 0 Å². The van der Waals surface area contributed by atoms with Gasteiger partial charge in [0.25, 0.3) is 0 Å². The standard InChI is InChI=1S/C9H20N2/c1-4-7-11(8-5-2)9(10)6-3/h6H,4-5,7-8,10H2,1-3H3. The van der Waals surface area contributed by atoms with Crippen molar-refractivity contribution in [2.75, 3.05) is 13.1 Å². The Bertz CT molecular complexity index is 113. The van der Waals surface area contributed by atoms with Crippen molar-refractivity contribution in [3.63, 3.8) is 0 Å². The average molecular weight is 156 g/mol. The Morgan fingerprint density at radius 3 is 2.00 bits per heavy atom. The molecule has 11 heavy (non-hydrogen) atoms. The zero-order valence-corrected chi connectivity index (χ0v) is 7.93. The molecular formula is C9H20N2. The first-order chi connectivity index (χ1) is 5.26. The van der Waals surface area contributed by atoms with Gasteiger partial charge in [-0.05, 0) is 25.8 Å². The molecule has 0 unspecified atom stereocenters. The van der Waals surface area contributed by atoms with Crippen molar-refractivity contribution in [2.24, 2.45) is 5.73 Å². The second-order valence-corrected chi connectivity index (χ2v) is 2.70. The zero-order chi connectivity index (χ0) is 8.69. The summed E-state index contributed by atoms with van der Waals surface area (Å²) in [4.78, 5) is 2.22. The zero-order valence-electron chi connectivity index (χ0n) is 7.93. The molecule has 2 heteroatoms. The fraction of sp³-hybridized carbons (Fsp3) is 0.778. The van der Waals surface area contributed by atoms with Crippen LogP contribution in [0.3, 0.4) is 0 Å². The molecule has 2 N–H and O–H groups in total. The molecule has 0 aromatic rings. The average Bonchev–Trinajstić information content (AvgIpc) is 2.03. The van der Waals surface area contributed by atoms with Crippen LogP contribution in [0.5, 0.6) is 0 Å². The van der Waals surface area contributed by atoms with E-state index in [1.54, 1.807) is 0 Å². The fourth-order valence-corrected chi connectivity index (χ4v) is 1.09. The van der Waals surface area contributed by atoms with Crippen LogP contribution in [0.25, 0.3) is 0 Å². The lowest BCUT2D eigenvalue weighted by Gasteiger charge is -2.23. The number of nitrogens with two attached hydrogens (primary N) is 1. The molecule has 0 radical (unpaired) electrons. The SMILES string of the molecule is CC=C(N)N(CCC)CCC. The maximum absolute atomic E-state index is 5.78. The van der Waals surface area contributed by atoms with Crippen LogP contribution in [0.1, 0.15) is 33.6 Å². The second-order valence-electron chi connectivity index (χ2n) is 2.70. The monoisotopic (exact) mass is 156 g/mol. The minimum absolute atomic E-state index is 0.911. The van der Waals surface area contributed by atoms with Gasteiger partial charge in [0, 0.05) is 13.1 Å². The predicted molar refractivity (Wildman–Crippen MR) is 50.1 cm³/mol. The van der Waals surface area contributed by atoms with E-state index in [4.69, 9.17) is 5.73 Å². The Balaban J connectivity index is 3.87. The van der Waals surface area contributed by atoms with E-state index in [1.807, 2.05) is 13.0 Å². The topological polar surface area (TPSA) is 29.3 Å². The van der Waals surface area contributed by atoms with Crippen molar-refractivity contribution in [2.45, 2.75) is 33.6 Å². The lowest BCUT2D eigenvalue weighted by molar-refractivity contribution is 0.340. The smallest absolute Gasteiger partial charge is 0.0942 e. The Morgan fingerprint density at radius 1 is 1.27 bits per heavy atom. The summed E-state index contributed by atoms with van der Waals surface area (Å²) in [6, 6.07) is 0. The Kier molecular flexibility index (Phi) is 5.71. The summed E-state index contributed by atoms with van der Waals surface area (Å²) in [5.41, 5.74) is 5.78. The Labute approximate surface area is 70.1 Å². The van der Waals surface area contributed by atoms with E-state index < -0.39 is 0 Å². The number of allylic oxidation sites excluding steroid dienone is 1. The van der Waals surface area contributed by atoms with Gasteiger partial charge in [0.2, 0.25) is 0 Å². The van der Waals surface area contributed by atoms with Crippen molar-refractivity contribution >= 4 is 0 Å². The largest absolute Gasteiger partial charge is 0.386 e. The van der Waals surface area contributed by atoms with Crippen molar-refractivity contribution in [3.8, 4) is 0 Å². The van der Waals surface area contributed by atoms with Gasteiger partial charge in [-0.2, -0.15) is 0 Å². The van der Waals surface area contributed by atoms with Gasteiger partial charge in [0.1, 0.15) is 0 Å². The summed E-state index contributed by atoms with van der Waals surface area (Å²) < 4.78 is 0. The third-order valence-corrected chi connectivity index (χ3v) is 1.65. The first-order valence-electron chi connectivity index (χ1n) is 4.42. The number of rotatable bonds is 5. The summed E-state index contributed by atoms with van der Waals surface area (Å²) in [6.45, 7) is 8.47. The van der Waals surface area contributed by atoms with Gasteiger partial charge >= 0.3 is 0 Å². The molecule has 0 heterocycles. The highest BCUT2D eigenvalue weighted by Gasteiger charge is 2.00. The van der Waals surface area contributed by atoms with E-state index in [2.05, 4.69) is 18.7 Å². The molecule has 0 bridgehead atoms. The number of hydrogen-bond donors (Lipinski definition) is 1. The Hall–Kier alpha value is -0.660. The van der Waals surface area contributed by atoms with Crippen LogP contribution < -0.4 is 5.73 Å². The number of hydrogen-bond acceptors (Lipinski definition) is 2. The van der Waals surface area contributed by atoms with Crippen LogP contribution in [-0.4, -0.2) is 18.0 Å². The highest BCUT2D eigenvalue weighted by atomic mass is 15.2. The molecule has 2 nitrogen and oxygen atoms in total. The van der Waals surface area contributed by atoms with Crippen LogP contribution in [0.2, 0.25) is 0 Å². The number of nitrogens with zero attached hydrogens (tertiary/aromatic N) is 1. The first-order valence-corrected chi connectivity index (χ1v) is 4.42. The van der Waals surface area contributed by atoms with E-state index in [0.717, 1.165) is 31.8 Å². The molecule has 0 saturated heterocycles. The molecule has 0 aromatic heterocycles. The molecule has 0 saturated carbocycles. The normalized spacial score (nSPS) is 11.7. The summed E-state index contributed by atoms with van der Waals surface area (Å²) in [5, 5.41) is 0. The van der Waals surface area contributed by atoms with Crippen LogP contribution in [0.15, 0.2) is 11.9 Å². The summed E-state index contributed by atoms with van der Waals surface area (Å²) in [5.74, 6) is 0.911. The van der Waals surface area contributed by atoms with Gasteiger partial charge in [0.15, 0.2) is 0 Å². The van der Waals surface area contributed by atoms with Crippen molar-refractivity contribution in [1.82, 2.24) is 4.90 Å². The van der Waals surface area contributed by atoms with E-state index in [1.165, 1.54) is 0 Å². The minimum atomic E-state index is 0.911. The summed E-state index contributed by atoms with van der Waals surface area (Å²) >= 11 is 0. The summed E-state index contributed by atoms with van der Waals surface area (Å²) in [7, 11) is 0. The maximum atomic E-state index is 5.78. The van der Waals surface area contributed by atoms with Gasteiger partial charge in [-0.25, -0.2) is 0 Å². The van der Waals surface area contributed by atoms with Gasteiger partial charge in [-0.15, -0.1) is 0 Å². The molecule has 66 valence electrons. The molecule has 0 aliphatic heterocycles. The quantitative estimate of drug-likeness (QED) is 0.659. The highest BCUT2D eigenvalue weighted by molar-refractivity contribution is 4.93. The van der Waals surface area contributed by atoms with Gasteiger partial charge in [-0.1, -0.05) is 13.8 Å². The molecule has 0 aliphatic carbocycles. The van der Waals surface area contributed by atoms with Crippen LogP contribution >= 0.6 is 0 Å². The molecule has 0 aliphatic rings. The van der Waals surface area contributed by atoms with E-state index in [-0.39, 0.29) is 0 Å². The molecule has 0 amide bonds. The molecule has 0 aromatic carbocycles.